The zero-order valence-electron chi connectivity index (χ0n) is 16.9. The number of hydrogen-bond donors (Lipinski definition) is 2. The highest BCUT2D eigenvalue weighted by atomic mass is 16.5. The molecule has 0 saturated heterocycles. The SMILES string of the molecule is CC(C)C[C@@H](NC(=O)Cc1ccc2c(c1)OCCCO2)c1nc2ccccc2[nH]1. The minimum atomic E-state index is -0.157. The fraction of sp³-hybridized carbons (Fsp3) is 0.391. The molecule has 0 aliphatic carbocycles. The molecule has 1 aliphatic heterocycles. The molecule has 4 rings (SSSR count). The van der Waals surface area contributed by atoms with Crippen LogP contribution in [0, 0.1) is 5.92 Å². The summed E-state index contributed by atoms with van der Waals surface area (Å²) in [7, 11) is 0. The number of aromatic nitrogens is 2. The van der Waals surface area contributed by atoms with Crippen molar-refractivity contribution < 1.29 is 14.3 Å². The topological polar surface area (TPSA) is 76.2 Å². The third-order valence-electron chi connectivity index (χ3n) is 4.96. The molecule has 0 spiro atoms. The van der Waals surface area contributed by atoms with E-state index in [0.29, 0.717) is 24.9 Å². The molecule has 152 valence electrons. The Morgan fingerprint density at radius 3 is 2.72 bits per heavy atom. The number of nitrogens with one attached hydrogen (secondary N) is 2. The fourth-order valence-electron chi connectivity index (χ4n) is 3.60. The van der Waals surface area contributed by atoms with E-state index in [0.717, 1.165) is 41.0 Å². The minimum absolute atomic E-state index is 0.0365. The van der Waals surface area contributed by atoms with Crippen molar-refractivity contribution in [2.24, 2.45) is 5.92 Å². The van der Waals surface area contributed by atoms with Gasteiger partial charge in [-0.05, 0) is 42.2 Å². The first-order valence-electron chi connectivity index (χ1n) is 10.2. The first-order valence-corrected chi connectivity index (χ1v) is 10.2. The maximum atomic E-state index is 12.8. The molecule has 1 aliphatic rings. The predicted octanol–water partition coefficient (Wildman–Crippen LogP) is 4.17. The molecule has 2 N–H and O–H groups in total. The third kappa shape index (κ3) is 4.70. The number of imidazole rings is 1. The fourth-order valence-corrected chi connectivity index (χ4v) is 3.60. The van der Waals surface area contributed by atoms with E-state index in [1.165, 1.54) is 0 Å². The normalized spacial score (nSPS) is 14.6. The molecule has 0 radical (unpaired) electrons. The van der Waals surface area contributed by atoms with Gasteiger partial charge in [0.1, 0.15) is 5.82 Å². The number of ether oxygens (including phenoxy) is 2. The van der Waals surface area contributed by atoms with Crippen LogP contribution in [-0.2, 0) is 11.2 Å². The van der Waals surface area contributed by atoms with Crippen LogP contribution < -0.4 is 14.8 Å². The quantitative estimate of drug-likeness (QED) is 0.659. The molecule has 2 heterocycles. The van der Waals surface area contributed by atoms with Gasteiger partial charge >= 0.3 is 0 Å². The Morgan fingerprint density at radius 1 is 1.14 bits per heavy atom. The number of para-hydroxylation sites is 2. The largest absolute Gasteiger partial charge is 0.490 e. The molecule has 1 aromatic heterocycles. The maximum Gasteiger partial charge on any atom is 0.225 e. The van der Waals surface area contributed by atoms with E-state index in [1.54, 1.807) is 0 Å². The molecule has 3 aromatic rings. The van der Waals surface area contributed by atoms with Crippen LogP contribution in [0.15, 0.2) is 42.5 Å². The van der Waals surface area contributed by atoms with Crippen LogP contribution in [0.1, 0.15) is 44.1 Å². The molecule has 0 unspecified atom stereocenters. The van der Waals surface area contributed by atoms with Crippen molar-refractivity contribution in [3.8, 4) is 11.5 Å². The molecular weight excluding hydrogens is 366 g/mol. The molecule has 1 amide bonds. The second-order valence-electron chi connectivity index (χ2n) is 7.90. The minimum Gasteiger partial charge on any atom is -0.490 e. The van der Waals surface area contributed by atoms with Gasteiger partial charge in [-0.1, -0.05) is 32.0 Å². The van der Waals surface area contributed by atoms with E-state index in [2.05, 4.69) is 29.1 Å². The van der Waals surface area contributed by atoms with Gasteiger partial charge in [-0.2, -0.15) is 0 Å². The van der Waals surface area contributed by atoms with Crippen LogP contribution in [0.2, 0.25) is 0 Å². The van der Waals surface area contributed by atoms with E-state index in [1.807, 2.05) is 42.5 Å². The van der Waals surface area contributed by atoms with Crippen molar-refractivity contribution >= 4 is 16.9 Å². The van der Waals surface area contributed by atoms with Crippen LogP contribution >= 0.6 is 0 Å². The number of carbonyl (C=O) groups excluding carboxylic acids is 1. The van der Waals surface area contributed by atoms with Crippen molar-refractivity contribution in [1.29, 1.82) is 0 Å². The van der Waals surface area contributed by atoms with Crippen LogP contribution in [-0.4, -0.2) is 29.1 Å². The Balaban J connectivity index is 1.48. The Bertz CT molecular complexity index is 963. The van der Waals surface area contributed by atoms with Crippen LogP contribution in [0.3, 0.4) is 0 Å². The second kappa shape index (κ2) is 8.55. The van der Waals surface area contributed by atoms with E-state index < -0.39 is 0 Å². The summed E-state index contributed by atoms with van der Waals surface area (Å²) < 4.78 is 11.4. The van der Waals surface area contributed by atoms with Crippen LogP contribution in [0.25, 0.3) is 11.0 Å². The number of amides is 1. The van der Waals surface area contributed by atoms with Gasteiger partial charge in [-0.25, -0.2) is 4.98 Å². The van der Waals surface area contributed by atoms with E-state index >= 15 is 0 Å². The lowest BCUT2D eigenvalue weighted by atomic mass is 10.0. The zero-order valence-corrected chi connectivity index (χ0v) is 16.9. The summed E-state index contributed by atoms with van der Waals surface area (Å²) in [6, 6.07) is 13.5. The number of benzene rings is 2. The summed E-state index contributed by atoms with van der Waals surface area (Å²) in [6.45, 7) is 5.57. The van der Waals surface area contributed by atoms with E-state index in [4.69, 9.17) is 9.47 Å². The summed E-state index contributed by atoms with van der Waals surface area (Å²) in [6.07, 6.45) is 1.96. The summed E-state index contributed by atoms with van der Waals surface area (Å²) in [5.74, 6) is 2.64. The number of carbonyl (C=O) groups is 1. The summed E-state index contributed by atoms with van der Waals surface area (Å²) in [5.41, 5.74) is 2.79. The number of aromatic amines is 1. The summed E-state index contributed by atoms with van der Waals surface area (Å²) >= 11 is 0. The second-order valence-corrected chi connectivity index (χ2v) is 7.90. The standard InChI is InChI=1S/C23H27N3O3/c1-15(2)12-19(23-25-17-6-3-4-7-18(17)26-23)24-22(27)14-16-8-9-20-21(13-16)29-11-5-10-28-20/h3-4,6-9,13,15,19H,5,10-12,14H2,1-2H3,(H,24,27)(H,25,26)/t19-/m1/s1. The third-order valence-corrected chi connectivity index (χ3v) is 4.96. The Morgan fingerprint density at radius 2 is 1.93 bits per heavy atom. The lowest BCUT2D eigenvalue weighted by molar-refractivity contribution is -0.121. The highest BCUT2D eigenvalue weighted by Gasteiger charge is 2.20. The zero-order chi connectivity index (χ0) is 20.2. The highest BCUT2D eigenvalue weighted by molar-refractivity contribution is 5.79. The van der Waals surface area contributed by atoms with Gasteiger partial charge in [0.25, 0.3) is 0 Å². The Labute approximate surface area is 170 Å². The number of rotatable bonds is 6. The van der Waals surface area contributed by atoms with Crippen LogP contribution in [0.5, 0.6) is 11.5 Å². The van der Waals surface area contributed by atoms with Gasteiger partial charge in [-0.15, -0.1) is 0 Å². The first kappa shape index (κ1) is 19.3. The molecular formula is C23H27N3O3. The van der Waals surface area contributed by atoms with Crippen molar-refractivity contribution in [3.63, 3.8) is 0 Å². The monoisotopic (exact) mass is 393 g/mol. The highest BCUT2D eigenvalue weighted by Crippen LogP contribution is 2.30. The molecule has 2 aromatic carbocycles. The van der Waals surface area contributed by atoms with Crippen molar-refractivity contribution in [2.45, 2.75) is 39.2 Å². The number of fused-ring (bicyclic) bond motifs is 2. The van der Waals surface area contributed by atoms with Gasteiger partial charge < -0.3 is 19.8 Å². The van der Waals surface area contributed by atoms with Crippen LogP contribution in [0.4, 0.5) is 0 Å². The molecule has 6 nitrogen and oxygen atoms in total. The smallest absolute Gasteiger partial charge is 0.225 e. The predicted molar refractivity (Wildman–Crippen MR) is 112 cm³/mol. The van der Waals surface area contributed by atoms with Crippen molar-refractivity contribution in [3.05, 3.63) is 53.9 Å². The van der Waals surface area contributed by atoms with E-state index in [-0.39, 0.29) is 18.4 Å². The molecule has 0 fully saturated rings. The van der Waals surface area contributed by atoms with Gasteiger partial charge in [0.2, 0.25) is 5.91 Å². The molecule has 0 bridgehead atoms. The van der Waals surface area contributed by atoms with Gasteiger partial charge in [0.05, 0.1) is 36.7 Å². The van der Waals surface area contributed by atoms with Gasteiger partial charge in [0.15, 0.2) is 11.5 Å². The van der Waals surface area contributed by atoms with E-state index in [9.17, 15) is 4.79 Å². The molecule has 6 heteroatoms. The molecule has 1 atom stereocenters. The van der Waals surface area contributed by atoms with Gasteiger partial charge in [-0.3, -0.25) is 4.79 Å². The number of nitrogens with zero attached hydrogens (tertiary/aromatic N) is 1. The lowest BCUT2D eigenvalue weighted by Crippen LogP contribution is -2.31. The molecule has 29 heavy (non-hydrogen) atoms. The Hall–Kier alpha value is -3.02. The molecule has 0 saturated carbocycles. The average Bonchev–Trinajstić information content (AvgIpc) is 2.99. The number of H-pyrrole nitrogens is 1. The first-order chi connectivity index (χ1) is 14.1. The summed E-state index contributed by atoms with van der Waals surface area (Å²) in [5, 5.41) is 3.16. The van der Waals surface area contributed by atoms with Gasteiger partial charge in [0, 0.05) is 6.42 Å². The summed E-state index contributed by atoms with van der Waals surface area (Å²) in [4.78, 5) is 20.8. The Kier molecular flexibility index (Phi) is 5.69. The van der Waals surface area contributed by atoms with Crippen molar-refractivity contribution in [2.75, 3.05) is 13.2 Å². The number of hydrogen-bond acceptors (Lipinski definition) is 4. The lowest BCUT2D eigenvalue weighted by Gasteiger charge is -2.19. The van der Waals surface area contributed by atoms with Crippen molar-refractivity contribution in [1.82, 2.24) is 15.3 Å². The maximum absolute atomic E-state index is 12.8. The average molecular weight is 393 g/mol.